The van der Waals surface area contributed by atoms with E-state index in [1.807, 2.05) is 23.5 Å². The Kier molecular flexibility index (Phi) is 4.86. The Bertz CT molecular complexity index is 703. The van der Waals surface area contributed by atoms with E-state index in [-0.39, 0.29) is 5.91 Å². The fourth-order valence-corrected chi connectivity index (χ4v) is 5.07. The second kappa shape index (κ2) is 7.26. The monoisotopic (exact) mass is 355 g/mol. The Morgan fingerprint density at radius 3 is 2.96 bits per heavy atom. The highest BCUT2D eigenvalue weighted by molar-refractivity contribution is 7.09. The number of hydrogen-bond donors (Lipinski definition) is 0. The number of likely N-dealkylation sites (tertiary alicyclic amines) is 2. The summed E-state index contributed by atoms with van der Waals surface area (Å²) in [4.78, 5) is 23.0. The van der Waals surface area contributed by atoms with Gasteiger partial charge in [0.25, 0.3) is 0 Å². The second-order valence-corrected chi connectivity index (χ2v) is 8.53. The molecule has 4 heterocycles. The second-order valence-electron chi connectivity index (χ2n) is 7.50. The molecule has 132 valence electrons. The van der Waals surface area contributed by atoms with Gasteiger partial charge in [-0.3, -0.25) is 14.7 Å². The van der Waals surface area contributed by atoms with E-state index in [0.29, 0.717) is 11.8 Å². The van der Waals surface area contributed by atoms with E-state index >= 15 is 0 Å². The van der Waals surface area contributed by atoms with Gasteiger partial charge in [0.1, 0.15) is 0 Å². The molecule has 0 radical (unpaired) electrons. The predicted molar refractivity (Wildman–Crippen MR) is 100 cm³/mol. The molecule has 0 aliphatic carbocycles. The highest BCUT2D eigenvalue weighted by atomic mass is 32.1. The van der Waals surface area contributed by atoms with Crippen LogP contribution in [-0.4, -0.2) is 46.9 Å². The van der Waals surface area contributed by atoms with Gasteiger partial charge in [-0.15, -0.1) is 11.3 Å². The first-order chi connectivity index (χ1) is 12.2. The fourth-order valence-electron chi connectivity index (χ4n) is 4.33. The molecular weight excluding hydrogens is 330 g/mol. The number of aromatic nitrogens is 1. The quantitative estimate of drug-likeness (QED) is 0.845. The minimum atomic E-state index is 0.254. The van der Waals surface area contributed by atoms with Crippen molar-refractivity contribution in [3.05, 3.63) is 52.5 Å². The molecule has 4 rings (SSSR count). The van der Waals surface area contributed by atoms with Crippen molar-refractivity contribution >= 4 is 17.2 Å². The molecule has 1 atom stereocenters. The van der Waals surface area contributed by atoms with E-state index in [4.69, 9.17) is 0 Å². The molecule has 0 unspecified atom stereocenters. The molecule has 2 fully saturated rings. The minimum absolute atomic E-state index is 0.254. The molecular formula is C20H25N3OS. The third kappa shape index (κ3) is 3.93. The lowest BCUT2D eigenvalue weighted by atomic mass is 9.79. The minimum Gasteiger partial charge on any atom is -0.342 e. The van der Waals surface area contributed by atoms with Gasteiger partial charge in [0.2, 0.25) is 5.91 Å². The van der Waals surface area contributed by atoms with Crippen LogP contribution in [0.5, 0.6) is 0 Å². The van der Waals surface area contributed by atoms with Crippen molar-refractivity contribution in [2.75, 3.05) is 26.2 Å². The number of thiophene rings is 1. The van der Waals surface area contributed by atoms with Crippen LogP contribution in [0.25, 0.3) is 0 Å². The molecule has 2 aliphatic heterocycles. The molecule has 5 heteroatoms. The first-order valence-electron chi connectivity index (χ1n) is 9.14. The number of piperidine rings is 1. The summed E-state index contributed by atoms with van der Waals surface area (Å²) in [7, 11) is 0. The van der Waals surface area contributed by atoms with Crippen molar-refractivity contribution in [1.82, 2.24) is 14.8 Å². The fraction of sp³-hybridized carbons (Fsp3) is 0.500. The van der Waals surface area contributed by atoms with Crippen LogP contribution in [0.3, 0.4) is 0 Å². The van der Waals surface area contributed by atoms with Crippen LogP contribution in [0.2, 0.25) is 0 Å². The molecule has 2 aromatic heterocycles. The first kappa shape index (κ1) is 16.7. The zero-order valence-electron chi connectivity index (χ0n) is 14.6. The van der Waals surface area contributed by atoms with Gasteiger partial charge in [0.05, 0.1) is 6.42 Å². The summed E-state index contributed by atoms with van der Waals surface area (Å²) in [5.74, 6) is 0.254. The molecule has 0 saturated carbocycles. The normalized spacial score (nSPS) is 24.1. The lowest BCUT2D eigenvalue weighted by Gasteiger charge is -2.40. The third-order valence-corrected chi connectivity index (χ3v) is 6.43. The number of amides is 1. The van der Waals surface area contributed by atoms with Gasteiger partial charge in [-0.25, -0.2) is 0 Å². The Balaban J connectivity index is 1.36. The van der Waals surface area contributed by atoms with Gasteiger partial charge in [0, 0.05) is 48.9 Å². The van der Waals surface area contributed by atoms with Gasteiger partial charge < -0.3 is 4.90 Å². The standard InChI is InChI=1S/C20H25N3OS/c24-19(12-17-4-1-8-21-13-17)23-9-3-6-20(16-23)7-10-22(15-20)14-18-5-2-11-25-18/h1-2,4-5,8,11,13H,3,6-7,9-10,12,14-16H2/t20-/m0/s1. The van der Waals surface area contributed by atoms with Crippen LogP contribution in [0, 0.1) is 5.41 Å². The lowest BCUT2D eigenvalue weighted by molar-refractivity contribution is -0.133. The number of pyridine rings is 1. The Morgan fingerprint density at radius 2 is 2.16 bits per heavy atom. The summed E-state index contributed by atoms with van der Waals surface area (Å²) < 4.78 is 0. The number of carbonyl (C=O) groups is 1. The van der Waals surface area contributed by atoms with Crippen LogP contribution in [0.4, 0.5) is 0 Å². The number of nitrogens with zero attached hydrogens (tertiary/aromatic N) is 3. The van der Waals surface area contributed by atoms with Crippen molar-refractivity contribution in [2.24, 2.45) is 5.41 Å². The molecule has 2 aliphatic rings. The number of hydrogen-bond acceptors (Lipinski definition) is 4. The van der Waals surface area contributed by atoms with Crippen molar-refractivity contribution < 1.29 is 4.79 Å². The van der Waals surface area contributed by atoms with Crippen LogP contribution in [0.15, 0.2) is 42.0 Å². The van der Waals surface area contributed by atoms with E-state index in [1.54, 1.807) is 12.4 Å². The maximum Gasteiger partial charge on any atom is 0.227 e. The van der Waals surface area contributed by atoms with Gasteiger partial charge >= 0.3 is 0 Å². The molecule has 0 bridgehead atoms. The van der Waals surface area contributed by atoms with Gasteiger partial charge in [-0.1, -0.05) is 12.1 Å². The van der Waals surface area contributed by atoms with Crippen molar-refractivity contribution in [3.8, 4) is 0 Å². The maximum absolute atomic E-state index is 12.7. The largest absolute Gasteiger partial charge is 0.342 e. The SMILES string of the molecule is O=C(Cc1cccnc1)N1CCC[C@@]2(CCN(Cc3cccs3)C2)C1. The molecule has 1 amide bonds. The van der Waals surface area contributed by atoms with Crippen molar-refractivity contribution in [1.29, 1.82) is 0 Å². The molecule has 4 nitrogen and oxygen atoms in total. The predicted octanol–water partition coefficient (Wildman–Crippen LogP) is 3.20. The zero-order chi connectivity index (χ0) is 17.1. The molecule has 25 heavy (non-hydrogen) atoms. The van der Waals surface area contributed by atoms with Crippen LogP contribution < -0.4 is 0 Å². The smallest absolute Gasteiger partial charge is 0.227 e. The zero-order valence-corrected chi connectivity index (χ0v) is 15.4. The molecule has 2 aromatic rings. The van der Waals surface area contributed by atoms with Crippen molar-refractivity contribution in [2.45, 2.75) is 32.2 Å². The van der Waals surface area contributed by atoms with Gasteiger partial charge in [-0.05, 0) is 48.9 Å². The highest BCUT2D eigenvalue weighted by Crippen LogP contribution is 2.39. The van der Waals surface area contributed by atoms with Gasteiger partial charge in [-0.2, -0.15) is 0 Å². The van der Waals surface area contributed by atoms with Gasteiger partial charge in [0.15, 0.2) is 0 Å². The highest BCUT2D eigenvalue weighted by Gasteiger charge is 2.42. The van der Waals surface area contributed by atoms with Crippen LogP contribution in [0.1, 0.15) is 29.7 Å². The summed E-state index contributed by atoms with van der Waals surface area (Å²) >= 11 is 1.84. The van der Waals surface area contributed by atoms with E-state index < -0.39 is 0 Å². The number of carbonyl (C=O) groups excluding carboxylic acids is 1. The molecule has 1 spiro atoms. The first-order valence-corrected chi connectivity index (χ1v) is 10.0. The Morgan fingerprint density at radius 1 is 1.20 bits per heavy atom. The summed E-state index contributed by atoms with van der Waals surface area (Å²) in [5.41, 5.74) is 1.32. The third-order valence-electron chi connectivity index (χ3n) is 5.57. The lowest BCUT2D eigenvalue weighted by Crippen LogP contribution is -2.47. The van der Waals surface area contributed by atoms with E-state index in [9.17, 15) is 4.79 Å². The van der Waals surface area contributed by atoms with E-state index in [2.05, 4.69) is 32.3 Å². The topological polar surface area (TPSA) is 36.4 Å². The van der Waals surface area contributed by atoms with Crippen LogP contribution in [-0.2, 0) is 17.8 Å². The molecule has 0 aromatic carbocycles. The maximum atomic E-state index is 12.7. The Labute approximate surface area is 153 Å². The van der Waals surface area contributed by atoms with Crippen LogP contribution >= 0.6 is 11.3 Å². The molecule has 0 N–H and O–H groups in total. The summed E-state index contributed by atoms with van der Waals surface area (Å²) in [6.07, 6.45) is 7.63. The summed E-state index contributed by atoms with van der Waals surface area (Å²) in [6, 6.07) is 8.24. The molecule has 2 saturated heterocycles. The summed E-state index contributed by atoms with van der Waals surface area (Å²) in [5, 5.41) is 2.15. The summed E-state index contributed by atoms with van der Waals surface area (Å²) in [6.45, 7) is 5.17. The van der Waals surface area contributed by atoms with E-state index in [1.165, 1.54) is 17.7 Å². The average molecular weight is 356 g/mol. The number of rotatable bonds is 4. The average Bonchev–Trinajstić information content (AvgIpc) is 3.27. The van der Waals surface area contributed by atoms with Crippen molar-refractivity contribution in [3.63, 3.8) is 0 Å². The Hall–Kier alpha value is -1.72. The van der Waals surface area contributed by atoms with E-state index in [0.717, 1.165) is 44.7 Å².